The summed E-state index contributed by atoms with van der Waals surface area (Å²) in [5.74, 6) is 0.173. The number of hydrogen-bond donors (Lipinski definition) is 3. The lowest BCUT2D eigenvalue weighted by Crippen LogP contribution is -2.64. The summed E-state index contributed by atoms with van der Waals surface area (Å²) in [6, 6.07) is 10.5. The molecule has 10 nitrogen and oxygen atoms in total. The maximum atomic E-state index is 12.9. The summed E-state index contributed by atoms with van der Waals surface area (Å²) in [6.07, 6.45) is 4.96. The third kappa shape index (κ3) is 6.73. The van der Waals surface area contributed by atoms with E-state index in [-0.39, 0.29) is 78.4 Å². The number of fused-ring (bicyclic) bond motifs is 5. The van der Waals surface area contributed by atoms with Crippen LogP contribution in [0, 0.1) is 46.3 Å². The molecule has 0 spiro atoms. The molecule has 5 rings (SSSR count). The summed E-state index contributed by atoms with van der Waals surface area (Å²) in [5.41, 5.74) is 18.0. The number of nitrogens with two attached hydrogens (primary N) is 3. The normalized spacial score (nSPS) is 37.4. The summed E-state index contributed by atoms with van der Waals surface area (Å²) in [7, 11) is 2.17. The van der Waals surface area contributed by atoms with Crippen LogP contribution in [0.25, 0.3) is 0 Å². The fraction of sp³-hybridized carbons (Fsp3) is 0.750. The van der Waals surface area contributed by atoms with Gasteiger partial charge in [-0.1, -0.05) is 51.1 Å². The van der Waals surface area contributed by atoms with Crippen molar-refractivity contribution in [1.82, 2.24) is 4.90 Å². The van der Waals surface area contributed by atoms with Gasteiger partial charge >= 0.3 is 17.9 Å². The van der Waals surface area contributed by atoms with Crippen LogP contribution < -0.4 is 17.2 Å². The minimum atomic E-state index is -0.392. The van der Waals surface area contributed by atoms with E-state index < -0.39 is 11.9 Å². The molecule has 6 N–H and O–H groups in total. The summed E-state index contributed by atoms with van der Waals surface area (Å²) >= 11 is 0. The molecule has 0 aliphatic heterocycles. The molecule has 0 aromatic heterocycles. The molecule has 46 heavy (non-hydrogen) atoms. The maximum Gasteiger partial charge on any atom is 0.319 e. The molecule has 256 valence electrons. The van der Waals surface area contributed by atoms with Gasteiger partial charge in [0, 0.05) is 24.4 Å². The average molecular weight is 641 g/mol. The molecule has 10 heteroatoms. The van der Waals surface area contributed by atoms with Crippen molar-refractivity contribution < 1.29 is 28.6 Å². The fourth-order valence-electron chi connectivity index (χ4n) is 10.7. The number of rotatable bonds is 11. The maximum absolute atomic E-state index is 12.9. The molecule has 0 bridgehead atoms. The van der Waals surface area contributed by atoms with E-state index in [9.17, 15) is 14.4 Å². The van der Waals surface area contributed by atoms with Crippen molar-refractivity contribution in [3.8, 4) is 0 Å². The standard InChI is InChI=1S/C36H56N4O6/c1-22(20-40(4)21-23-8-6-5-7-9-23)26-10-11-27-34-28(16-30(36(26,27)3)46-33(43)19-39)35(2)13-12-25(44-31(41)17-37)14-24(35)15-29(34)45-32(42)18-38/h5-9,22,24-30,34H,10-21,37-39H2,1-4H3/t22-,24+,25-,26-,27+,28+,29-,30+,34+,35+,36-/m1/s1. The number of nitrogens with zero attached hydrogens (tertiary/aromatic N) is 1. The first-order chi connectivity index (χ1) is 21.9. The largest absolute Gasteiger partial charge is 0.461 e. The topological polar surface area (TPSA) is 160 Å². The van der Waals surface area contributed by atoms with Crippen LogP contribution in [0.5, 0.6) is 0 Å². The predicted molar refractivity (Wildman–Crippen MR) is 175 cm³/mol. The van der Waals surface area contributed by atoms with Crippen molar-refractivity contribution in [2.75, 3.05) is 33.2 Å². The molecule has 0 heterocycles. The van der Waals surface area contributed by atoms with E-state index in [1.807, 2.05) is 6.07 Å². The second-order valence-electron chi connectivity index (χ2n) is 15.2. The fourth-order valence-corrected chi connectivity index (χ4v) is 10.7. The van der Waals surface area contributed by atoms with Gasteiger partial charge in [0.2, 0.25) is 0 Å². The molecular formula is C36H56N4O6. The zero-order valence-corrected chi connectivity index (χ0v) is 28.2. The van der Waals surface area contributed by atoms with Crippen molar-refractivity contribution in [2.24, 2.45) is 63.5 Å². The second-order valence-corrected chi connectivity index (χ2v) is 15.2. The molecule has 1 aromatic carbocycles. The van der Waals surface area contributed by atoms with Gasteiger partial charge in [-0.2, -0.15) is 0 Å². The van der Waals surface area contributed by atoms with E-state index in [1.54, 1.807) is 0 Å². The Hall–Kier alpha value is -2.53. The van der Waals surface area contributed by atoms with Crippen LogP contribution in [0.3, 0.4) is 0 Å². The average Bonchev–Trinajstić information content (AvgIpc) is 3.40. The highest BCUT2D eigenvalue weighted by molar-refractivity contribution is 5.72. The number of esters is 3. The van der Waals surface area contributed by atoms with Crippen LogP contribution in [-0.2, 0) is 35.1 Å². The monoisotopic (exact) mass is 640 g/mol. The Morgan fingerprint density at radius 3 is 2.20 bits per heavy atom. The Labute approximate surface area is 274 Å². The van der Waals surface area contributed by atoms with Gasteiger partial charge in [-0.15, -0.1) is 0 Å². The third-order valence-electron chi connectivity index (χ3n) is 12.7. The molecule has 0 radical (unpaired) electrons. The van der Waals surface area contributed by atoms with Crippen molar-refractivity contribution in [3.63, 3.8) is 0 Å². The zero-order valence-electron chi connectivity index (χ0n) is 28.2. The molecule has 4 aliphatic carbocycles. The van der Waals surface area contributed by atoms with E-state index in [0.717, 1.165) is 38.8 Å². The highest BCUT2D eigenvalue weighted by Crippen LogP contribution is 2.69. The Morgan fingerprint density at radius 1 is 0.870 bits per heavy atom. The number of carbonyl (C=O) groups is 3. The van der Waals surface area contributed by atoms with E-state index in [2.05, 4.69) is 57.0 Å². The SMILES string of the molecule is C[C@H](CN(C)Cc1ccccc1)[C@H]1CC[C@H]2[C@@H]3[C@H](OC(=O)CN)C[C@@H]4C[C@H](OC(=O)CN)CC[C@]4(C)[C@H]3C[C@H](OC(=O)CN)[C@]12C. The van der Waals surface area contributed by atoms with Crippen LogP contribution in [-0.4, -0.2) is 74.3 Å². The lowest BCUT2D eigenvalue weighted by Gasteiger charge is -2.64. The van der Waals surface area contributed by atoms with Crippen LogP contribution in [0.1, 0.15) is 71.3 Å². The lowest BCUT2D eigenvalue weighted by atomic mass is 9.43. The number of hydrogen-bond acceptors (Lipinski definition) is 10. The van der Waals surface area contributed by atoms with Crippen LogP contribution in [0.2, 0.25) is 0 Å². The number of ether oxygens (including phenoxy) is 3. The highest BCUT2D eigenvalue weighted by atomic mass is 16.6. The van der Waals surface area contributed by atoms with Gasteiger partial charge in [0.1, 0.15) is 18.3 Å². The van der Waals surface area contributed by atoms with Gasteiger partial charge in [-0.25, -0.2) is 0 Å². The Morgan fingerprint density at radius 2 is 1.52 bits per heavy atom. The first-order valence-electron chi connectivity index (χ1n) is 17.4. The molecule has 1 aromatic rings. The predicted octanol–water partition coefficient (Wildman–Crippen LogP) is 3.24. The minimum Gasteiger partial charge on any atom is -0.461 e. The molecule has 4 aliphatic rings. The minimum absolute atomic E-state index is 0.0871. The van der Waals surface area contributed by atoms with Gasteiger partial charge in [0.25, 0.3) is 0 Å². The lowest BCUT2D eigenvalue weighted by molar-refractivity contribution is -0.225. The van der Waals surface area contributed by atoms with Gasteiger partial charge in [0.05, 0.1) is 19.6 Å². The molecule has 0 saturated heterocycles. The van der Waals surface area contributed by atoms with Crippen molar-refractivity contribution in [3.05, 3.63) is 35.9 Å². The summed E-state index contributed by atoms with van der Waals surface area (Å²) in [6.45, 7) is 8.34. The highest BCUT2D eigenvalue weighted by Gasteiger charge is 2.67. The molecule has 0 unspecified atom stereocenters. The summed E-state index contributed by atoms with van der Waals surface area (Å²) < 4.78 is 18.3. The Balaban J connectivity index is 1.46. The summed E-state index contributed by atoms with van der Waals surface area (Å²) in [4.78, 5) is 40.2. The number of benzene rings is 1. The van der Waals surface area contributed by atoms with Crippen molar-refractivity contribution in [1.29, 1.82) is 0 Å². The molecular weight excluding hydrogens is 584 g/mol. The summed E-state index contributed by atoms with van der Waals surface area (Å²) in [5, 5.41) is 0. The Kier molecular flexibility index (Phi) is 10.8. The number of carbonyl (C=O) groups excluding carboxylic acids is 3. The van der Waals surface area contributed by atoms with Gasteiger partial charge in [0.15, 0.2) is 0 Å². The smallest absolute Gasteiger partial charge is 0.319 e. The molecule has 4 saturated carbocycles. The van der Waals surface area contributed by atoms with E-state index >= 15 is 0 Å². The third-order valence-corrected chi connectivity index (χ3v) is 12.7. The van der Waals surface area contributed by atoms with Crippen molar-refractivity contribution >= 4 is 17.9 Å². The zero-order chi connectivity index (χ0) is 33.2. The van der Waals surface area contributed by atoms with Crippen LogP contribution >= 0.6 is 0 Å². The van der Waals surface area contributed by atoms with Crippen LogP contribution in [0.15, 0.2) is 30.3 Å². The first kappa shape index (κ1) is 34.8. The van der Waals surface area contributed by atoms with Gasteiger partial charge in [-0.05, 0) is 92.6 Å². The first-order valence-corrected chi connectivity index (χ1v) is 17.4. The molecule has 4 fully saturated rings. The second kappa shape index (κ2) is 14.3. The van der Waals surface area contributed by atoms with Gasteiger partial charge in [-0.3, -0.25) is 14.4 Å². The van der Waals surface area contributed by atoms with E-state index in [0.29, 0.717) is 31.1 Å². The Bertz CT molecular complexity index is 1230. The van der Waals surface area contributed by atoms with Crippen LogP contribution in [0.4, 0.5) is 0 Å². The van der Waals surface area contributed by atoms with Gasteiger partial charge < -0.3 is 36.3 Å². The van der Waals surface area contributed by atoms with E-state index in [4.69, 9.17) is 31.4 Å². The molecule has 0 amide bonds. The van der Waals surface area contributed by atoms with Crippen molar-refractivity contribution in [2.45, 2.75) is 90.6 Å². The quantitative estimate of drug-likeness (QED) is 0.242. The molecule has 11 atom stereocenters. The van der Waals surface area contributed by atoms with E-state index in [1.165, 1.54) is 5.56 Å².